The summed E-state index contributed by atoms with van der Waals surface area (Å²) in [6.07, 6.45) is 0. The highest BCUT2D eigenvalue weighted by atomic mass is 16.5. The van der Waals surface area contributed by atoms with E-state index in [1.807, 2.05) is 61.5 Å². The SMILES string of the molecule is CCNC(=NCc1cccc(OCCN(C)CCOC)c1)NCC(CO)c1ccccc1. The van der Waals surface area contributed by atoms with Crippen LogP contribution >= 0.6 is 0 Å². The van der Waals surface area contributed by atoms with Crippen LogP contribution in [0.2, 0.25) is 0 Å². The Labute approximate surface area is 192 Å². The molecule has 7 nitrogen and oxygen atoms in total. The number of aliphatic imine (C=N–C) groups is 1. The zero-order valence-corrected chi connectivity index (χ0v) is 19.6. The van der Waals surface area contributed by atoms with Crippen molar-refractivity contribution in [3.63, 3.8) is 0 Å². The van der Waals surface area contributed by atoms with E-state index >= 15 is 0 Å². The fourth-order valence-corrected chi connectivity index (χ4v) is 3.16. The van der Waals surface area contributed by atoms with Crippen molar-refractivity contribution >= 4 is 5.96 Å². The first-order chi connectivity index (χ1) is 15.7. The van der Waals surface area contributed by atoms with Crippen molar-refractivity contribution in [3.8, 4) is 5.75 Å². The lowest BCUT2D eigenvalue weighted by Crippen LogP contribution is -2.39. The fraction of sp³-hybridized carbons (Fsp3) is 0.480. The lowest BCUT2D eigenvalue weighted by molar-refractivity contribution is 0.150. The molecule has 0 radical (unpaired) electrons. The molecule has 2 aromatic rings. The minimum atomic E-state index is 0.0128. The number of guanidine groups is 1. The van der Waals surface area contributed by atoms with E-state index in [0.717, 1.165) is 49.1 Å². The molecule has 0 aromatic heterocycles. The first-order valence-corrected chi connectivity index (χ1v) is 11.2. The summed E-state index contributed by atoms with van der Waals surface area (Å²) in [5.74, 6) is 1.59. The highest BCUT2D eigenvalue weighted by molar-refractivity contribution is 5.79. The number of hydrogen-bond donors (Lipinski definition) is 3. The van der Waals surface area contributed by atoms with Crippen molar-refractivity contribution in [3.05, 3.63) is 65.7 Å². The maximum Gasteiger partial charge on any atom is 0.191 e. The van der Waals surface area contributed by atoms with Gasteiger partial charge in [-0.15, -0.1) is 0 Å². The third-order valence-electron chi connectivity index (χ3n) is 5.09. The Balaban J connectivity index is 1.88. The van der Waals surface area contributed by atoms with E-state index in [1.165, 1.54) is 0 Å². The molecule has 0 heterocycles. The van der Waals surface area contributed by atoms with E-state index in [9.17, 15) is 5.11 Å². The van der Waals surface area contributed by atoms with Crippen molar-refractivity contribution in [2.45, 2.75) is 19.4 Å². The van der Waals surface area contributed by atoms with Crippen molar-refractivity contribution in [2.24, 2.45) is 4.99 Å². The van der Waals surface area contributed by atoms with Gasteiger partial charge in [0.1, 0.15) is 12.4 Å². The van der Waals surface area contributed by atoms with Crippen LogP contribution in [0.15, 0.2) is 59.6 Å². The summed E-state index contributed by atoms with van der Waals surface area (Å²) in [5.41, 5.74) is 2.19. The Bertz CT molecular complexity index is 786. The third kappa shape index (κ3) is 9.68. The summed E-state index contributed by atoms with van der Waals surface area (Å²) in [6, 6.07) is 18.1. The first-order valence-electron chi connectivity index (χ1n) is 11.2. The molecule has 2 aromatic carbocycles. The number of nitrogens with zero attached hydrogens (tertiary/aromatic N) is 2. The monoisotopic (exact) mass is 442 g/mol. The second-order valence-corrected chi connectivity index (χ2v) is 7.66. The van der Waals surface area contributed by atoms with Gasteiger partial charge in [-0.2, -0.15) is 0 Å². The third-order valence-corrected chi connectivity index (χ3v) is 5.09. The minimum Gasteiger partial charge on any atom is -0.492 e. The maximum atomic E-state index is 9.78. The van der Waals surface area contributed by atoms with Gasteiger partial charge >= 0.3 is 0 Å². The van der Waals surface area contributed by atoms with Crippen LogP contribution in [0.5, 0.6) is 5.75 Å². The van der Waals surface area contributed by atoms with E-state index in [2.05, 4.69) is 22.6 Å². The Morgan fingerprint density at radius 3 is 2.56 bits per heavy atom. The number of benzene rings is 2. The first kappa shape index (κ1) is 25.6. The maximum absolute atomic E-state index is 9.78. The van der Waals surface area contributed by atoms with E-state index in [4.69, 9.17) is 14.5 Å². The van der Waals surface area contributed by atoms with Crippen LogP contribution in [0.1, 0.15) is 24.0 Å². The van der Waals surface area contributed by atoms with E-state index < -0.39 is 0 Å². The molecule has 0 fully saturated rings. The van der Waals surface area contributed by atoms with Gasteiger partial charge in [0.25, 0.3) is 0 Å². The van der Waals surface area contributed by atoms with Crippen molar-refractivity contribution < 1.29 is 14.6 Å². The number of aliphatic hydroxyl groups is 1. The quantitative estimate of drug-likeness (QED) is 0.308. The summed E-state index contributed by atoms with van der Waals surface area (Å²) >= 11 is 0. The average molecular weight is 443 g/mol. The molecule has 0 aliphatic carbocycles. The number of methoxy groups -OCH3 is 1. The van der Waals surface area contributed by atoms with Crippen LogP contribution in [0.4, 0.5) is 0 Å². The number of ether oxygens (including phenoxy) is 2. The van der Waals surface area contributed by atoms with E-state index in [-0.39, 0.29) is 12.5 Å². The summed E-state index contributed by atoms with van der Waals surface area (Å²) in [4.78, 5) is 6.88. The van der Waals surface area contributed by atoms with Gasteiger partial charge in [0.2, 0.25) is 0 Å². The molecule has 0 bridgehead atoms. The van der Waals surface area contributed by atoms with Gasteiger partial charge in [-0.05, 0) is 37.2 Å². The Hall–Kier alpha value is -2.61. The lowest BCUT2D eigenvalue weighted by atomic mass is 10.0. The molecule has 176 valence electrons. The molecule has 1 unspecified atom stereocenters. The lowest BCUT2D eigenvalue weighted by Gasteiger charge is -2.18. The van der Waals surface area contributed by atoms with Gasteiger partial charge in [-0.25, -0.2) is 4.99 Å². The predicted octanol–water partition coefficient (Wildman–Crippen LogP) is 2.47. The second kappa shape index (κ2) is 15.2. The second-order valence-electron chi connectivity index (χ2n) is 7.66. The van der Waals surface area contributed by atoms with Crippen molar-refractivity contribution in [2.75, 3.05) is 60.2 Å². The molecule has 7 heteroatoms. The summed E-state index contributed by atoms with van der Waals surface area (Å²) in [7, 11) is 3.77. The number of nitrogens with one attached hydrogen (secondary N) is 2. The van der Waals surface area contributed by atoms with Crippen molar-refractivity contribution in [1.82, 2.24) is 15.5 Å². The number of likely N-dealkylation sites (N-methyl/N-ethyl adjacent to an activating group) is 1. The molecule has 0 aliphatic rings. The van der Waals surface area contributed by atoms with Gasteiger partial charge in [0, 0.05) is 39.2 Å². The van der Waals surface area contributed by atoms with Crippen LogP contribution in [0.3, 0.4) is 0 Å². The van der Waals surface area contributed by atoms with Crippen molar-refractivity contribution in [1.29, 1.82) is 0 Å². The molecule has 0 aliphatic heterocycles. The standard InChI is InChI=1S/C25H38N4O3/c1-4-26-25(28-19-23(20-30)22-10-6-5-7-11-22)27-18-21-9-8-12-24(17-21)32-16-14-29(2)13-15-31-3/h5-12,17,23,30H,4,13-16,18-20H2,1-3H3,(H2,26,27,28). The molecule has 0 spiro atoms. The molecule has 0 saturated carbocycles. The smallest absolute Gasteiger partial charge is 0.191 e. The Kier molecular flexibility index (Phi) is 12.2. The molecule has 2 rings (SSSR count). The number of rotatable bonds is 14. The largest absolute Gasteiger partial charge is 0.492 e. The molecule has 32 heavy (non-hydrogen) atoms. The van der Waals surface area contributed by atoms with Gasteiger partial charge < -0.3 is 30.1 Å². The van der Waals surface area contributed by atoms with Crippen LogP contribution in [-0.2, 0) is 11.3 Å². The zero-order chi connectivity index (χ0) is 23.0. The summed E-state index contributed by atoms with van der Waals surface area (Å²) in [5, 5.41) is 16.4. The van der Waals surface area contributed by atoms with Crippen LogP contribution in [0, 0.1) is 0 Å². The van der Waals surface area contributed by atoms with E-state index in [0.29, 0.717) is 19.7 Å². The topological polar surface area (TPSA) is 78.4 Å². The Morgan fingerprint density at radius 1 is 1.06 bits per heavy atom. The highest BCUT2D eigenvalue weighted by Crippen LogP contribution is 2.15. The number of hydrogen-bond acceptors (Lipinski definition) is 5. The highest BCUT2D eigenvalue weighted by Gasteiger charge is 2.11. The minimum absolute atomic E-state index is 0.0128. The molecule has 0 saturated heterocycles. The zero-order valence-electron chi connectivity index (χ0n) is 19.6. The van der Waals surface area contributed by atoms with Gasteiger partial charge in [-0.3, -0.25) is 0 Å². The Morgan fingerprint density at radius 2 is 1.84 bits per heavy atom. The van der Waals surface area contributed by atoms with Gasteiger partial charge in [-0.1, -0.05) is 42.5 Å². The fourth-order valence-electron chi connectivity index (χ4n) is 3.16. The van der Waals surface area contributed by atoms with Gasteiger partial charge in [0.15, 0.2) is 5.96 Å². The van der Waals surface area contributed by atoms with Crippen LogP contribution in [-0.4, -0.2) is 76.1 Å². The molecule has 0 amide bonds. The summed E-state index contributed by atoms with van der Waals surface area (Å²) in [6.45, 7) is 7.09. The molecular formula is C25H38N4O3. The molecule has 1 atom stereocenters. The molecule has 3 N–H and O–H groups in total. The van der Waals surface area contributed by atoms with Gasteiger partial charge in [0.05, 0.1) is 19.8 Å². The average Bonchev–Trinajstić information content (AvgIpc) is 2.82. The van der Waals surface area contributed by atoms with Crippen LogP contribution < -0.4 is 15.4 Å². The summed E-state index contributed by atoms with van der Waals surface area (Å²) < 4.78 is 11.0. The number of aliphatic hydroxyl groups excluding tert-OH is 1. The normalized spacial score (nSPS) is 12.6. The van der Waals surface area contributed by atoms with Crippen LogP contribution in [0.25, 0.3) is 0 Å². The predicted molar refractivity (Wildman–Crippen MR) is 130 cm³/mol. The van der Waals surface area contributed by atoms with E-state index in [1.54, 1.807) is 7.11 Å². The molecular weight excluding hydrogens is 404 g/mol.